The van der Waals surface area contributed by atoms with Crippen LogP contribution >= 0.6 is 0 Å². The van der Waals surface area contributed by atoms with Crippen molar-refractivity contribution in [2.75, 3.05) is 25.0 Å². The summed E-state index contributed by atoms with van der Waals surface area (Å²) in [5.74, 6) is 0.432. The molecule has 0 unspecified atom stereocenters. The number of benzene rings is 1. The first-order valence-corrected chi connectivity index (χ1v) is 5.18. The van der Waals surface area contributed by atoms with Crippen LogP contribution in [0.5, 0.6) is 0 Å². The molecule has 1 fully saturated rings. The summed E-state index contributed by atoms with van der Waals surface area (Å²) in [5, 5.41) is 5.94. The van der Waals surface area contributed by atoms with Crippen molar-refractivity contribution in [3.8, 4) is 0 Å². The van der Waals surface area contributed by atoms with Gasteiger partial charge in [-0.2, -0.15) is 13.2 Å². The zero-order valence-corrected chi connectivity index (χ0v) is 8.64. The molecule has 88 valence electrons. The minimum atomic E-state index is -4.29. The van der Waals surface area contributed by atoms with E-state index in [2.05, 4.69) is 10.6 Å². The summed E-state index contributed by atoms with van der Waals surface area (Å²) >= 11 is 0. The van der Waals surface area contributed by atoms with Crippen LogP contribution in [0.4, 0.5) is 18.9 Å². The first-order chi connectivity index (χ1) is 7.57. The average molecular weight is 230 g/mol. The molecule has 1 heterocycles. The van der Waals surface area contributed by atoms with Gasteiger partial charge in [-0.1, -0.05) is 12.1 Å². The molecule has 5 heteroatoms. The van der Waals surface area contributed by atoms with Gasteiger partial charge in [0.15, 0.2) is 0 Å². The average Bonchev–Trinajstić information content (AvgIpc) is 2.14. The molecule has 16 heavy (non-hydrogen) atoms. The molecule has 0 aromatic heterocycles. The summed E-state index contributed by atoms with van der Waals surface area (Å²) in [4.78, 5) is 0. The number of anilines is 1. The zero-order valence-electron chi connectivity index (χ0n) is 8.64. The molecule has 1 saturated heterocycles. The van der Waals surface area contributed by atoms with E-state index in [9.17, 15) is 13.2 Å². The Morgan fingerprint density at radius 1 is 1.25 bits per heavy atom. The van der Waals surface area contributed by atoms with Gasteiger partial charge in [0.25, 0.3) is 0 Å². The smallest absolute Gasteiger partial charge is 0.384 e. The molecule has 0 atom stereocenters. The maximum absolute atomic E-state index is 12.6. The summed E-state index contributed by atoms with van der Waals surface area (Å²) in [6.07, 6.45) is -4.29. The largest absolute Gasteiger partial charge is 0.418 e. The fourth-order valence-electron chi connectivity index (χ4n) is 1.63. The monoisotopic (exact) mass is 230 g/mol. The normalized spacial score (nSPS) is 16.9. The summed E-state index contributed by atoms with van der Waals surface area (Å²) in [5.41, 5.74) is -0.427. The Bertz CT molecular complexity index is 358. The van der Waals surface area contributed by atoms with Crippen molar-refractivity contribution in [3.05, 3.63) is 29.8 Å². The van der Waals surface area contributed by atoms with Crippen molar-refractivity contribution in [1.29, 1.82) is 0 Å². The highest BCUT2D eigenvalue weighted by molar-refractivity contribution is 5.52. The Balaban J connectivity index is 2.06. The lowest BCUT2D eigenvalue weighted by atomic mass is 10.0. The van der Waals surface area contributed by atoms with Gasteiger partial charge in [-0.15, -0.1) is 0 Å². The lowest BCUT2D eigenvalue weighted by Gasteiger charge is -2.28. The lowest BCUT2D eigenvalue weighted by Crippen LogP contribution is -2.45. The molecular weight excluding hydrogens is 217 g/mol. The van der Waals surface area contributed by atoms with Crippen molar-refractivity contribution in [2.24, 2.45) is 5.92 Å². The maximum atomic E-state index is 12.6. The highest BCUT2D eigenvalue weighted by Gasteiger charge is 2.33. The number of halogens is 3. The van der Waals surface area contributed by atoms with Crippen LogP contribution in [0, 0.1) is 5.92 Å². The van der Waals surface area contributed by atoms with Crippen LogP contribution in [-0.4, -0.2) is 19.6 Å². The van der Waals surface area contributed by atoms with E-state index >= 15 is 0 Å². The van der Waals surface area contributed by atoms with Gasteiger partial charge in [-0.05, 0) is 12.1 Å². The van der Waals surface area contributed by atoms with Crippen LogP contribution in [0.3, 0.4) is 0 Å². The van der Waals surface area contributed by atoms with Crippen molar-refractivity contribution >= 4 is 5.69 Å². The van der Waals surface area contributed by atoms with E-state index in [0.717, 1.165) is 19.2 Å². The highest BCUT2D eigenvalue weighted by atomic mass is 19.4. The van der Waals surface area contributed by atoms with Gasteiger partial charge in [-0.3, -0.25) is 0 Å². The second kappa shape index (κ2) is 4.33. The van der Waals surface area contributed by atoms with Crippen LogP contribution < -0.4 is 10.6 Å². The topological polar surface area (TPSA) is 24.1 Å². The van der Waals surface area contributed by atoms with Crippen molar-refractivity contribution in [1.82, 2.24) is 5.32 Å². The molecule has 1 aliphatic rings. The number of nitrogens with one attached hydrogen (secondary N) is 2. The Morgan fingerprint density at radius 2 is 1.94 bits per heavy atom. The van der Waals surface area contributed by atoms with Crippen molar-refractivity contribution < 1.29 is 13.2 Å². The third-order valence-electron chi connectivity index (χ3n) is 2.68. The van der Waals surface area contributed by atoms with Gasteiger partial charge in [0.05, 0.1) is 5.56 Å². The summed E-state index contributed by atoms with van der Waals surface area (Å²) in [6, 6.07) is 5.58. The highest BCUT2D eigenvalue weighted by Crippen LogP contribution is 2.34. The van der Waals surface area contributed by atoms with Crippen LogP contribution in [0.2, 0.25) is 0 Å². The quantitative estimate of drug-likeness (QED) is 0.832. The van der Waals surface area contributed by atoms with Gasteiger partial charge in [0, 0.05) is 31.2 Å². The third kappa shape index (κ3) is 2.47. The van der Waals surface area contributed by atoms with Gasteiger partial charge >= 0.3 is 6.18 Å². The van der Waals surface area contributed by atoms with Gasteiger partial charge < -0.3 is 10.6 Å². The molecule has 2 nitrogen and oxygen atoms in total. The molecule has 2 rings (SSSR count). The molecule has 1 aromatic rings. The van der Waals surface area contributed by atoms with Crippen LogP contribution in [0.15, 0.2) is 24.3 Å². The fourth-order valence-corrected chi connectivity index (χ4v) is 1.63. The molecule has 0 saturated carbocycles. The maximum Gasteiger partial charge on any atom is 0.418 e. The number of rotatable bonds is 3. The third-order valence-corrected chi connectivity index (χ3v) is 2.68. The molecule has 1 aromatic carbocycles. The first kappa shape index (κ1) is 11.3. The van der Waals surface area contributed by atoms with E-state index in [4.69, 9.17) is 0 Å². The van der Waals surface area contributed by atoms with Crippen LogP contribution in [0.25, 0.3) is 0 Å². The van der Waals surface area contributed by atoms with Gasteiger partial charge in [-0.25, -0.2) is 0 Å². The molecular formula is C11H13F3N2. The summed E-state index contributed by atoms with van der Waals surface area (Å²) < 4.78 is 37.8. The number of para-hydroxylation sites is 1. The van der Waals surface area contributed by atoms with Crippen molar-refractivity contribution in [2.45, 2.75) is 6.18 Å². The standard InChI is InChI=1S/C11H13F3N2/c12-11(13,14)9-3-1-2-4-10(9)16-7-8-5-15-6-8/h1-4,8,15-16H,5-7H2. The Labute approximate surface area is 91.8 Å². The van der Waals surface area contributed by atoms with Gasteiger partial charge in [0.2, 0.25) is 0 Å². The predicted octanol–water partition coefficient (Wildman–Crippen LogP) is 2.34. The van der Waals surface area contributed by atoms with E-state index in [0.29, 0.717) is 12.5 Å². The van der Waals surface area contributed by atoms with E-state index in [-0.39, 0.29) is 5.69 Å². The molecule has 0 aliphatic carbocycles. The minimum Gasteiger partial charge on any atom is -0.384 e. The Morgan fingerprint density at radius 3 is 2.50 bits per heavy atom. The molecule has 0 bridgehead atoms. The first-order valence-electron chi connectivity index (χ1n) is 5.18. The minimum absolute atomic E-state index is 0.168. The summed E-state index contributed by atoms with van der Waals surface area (Å²) in [7, 11) is 0. The Kier molecular flexibility index (Phi) is 3.05. The Hall–Kier alpha value is -1.23. The van der Waals surface area contributed by atoms with E-state index in [1.807, 2.05) is 0 Å². The van der Waals surface area contributed by atoms with Crippen molar-refractivity contribution in [3.63, 3.8) is 0 Å². The molecule has 0 amide bonds. The molecule has 0 radical (unpaired) electrons. The van der Waals surface area contributed by atoms with Crippen LogP contribution in [0.1, 0.15) is 5.56 Å². The molecule has 0 spiro atoms. The fraction of sp³-hybridized carbons (Fsp3) is 0.455. The van der Waals surface area contributed by atoms with E-state index < -0.39 is 11.7 Å². The van der Waals surface area contributed by atoms with E-state index in [1.165, 1.54) is 12.1 Å². The molecule has 1 aliphatic heterocycles. The van der Waals surface area contributed by atoms with Gasteiger partial charge in [0.1, 0.15) is 0 Å². The number of hydrogen-bond donors (Lipinski definition) is 2. The lowest BCUT2D eigenvalue weighted by molar-refractivity contribution is -0.136. The second-order valence-corrected chi connectivity index (χ2v) is 3.95. The van der Waals surface area contributed by atoms with Crippen LogP contribution in [-0.2, 0) is 6.18 Å². The number of alkyl halides is 3. The van der Waals surface area contributed by atoms with E-state index in [1.54, 1.807) is 6.07 Å². The summed E-state index contributed by atoms with van der Waals surface area (Å²) in [6.45, 7) is 2.34. The number of hydrogen-bond acceptors (Lipinski definition) is 2. The zero-order chi connectivity index (χ0) is 11.6. The molecule has 2 N–H and O–H groups in total. The predicted molar refractivity (Wildman–Crippen MR) is 56.3 cm³/mol. The SMILES string of the molecule is FC(F)(F)c1ccccc1NCC1CNC1. The second-order valence-electron chi connectivity index (χ2n) is 3.95.